The second-order valence-corrected chi connectivity index (χ2v) is 6.85. The SMILES string of the molecule is CCOC1=c2ncc(Cl)cc2=CC(=CC(=O)O)c2sc(Cl)cc21. The van der Waals surface area contributed by atoms with E-state index in [4.69, 9.17) is 33.0 Å². The molecule has 0 aromatic carbocycles. The van der Waals surface area contributed by atoms with E-state index in [2.05, 4.69) is 4.98 Å². The second-order valence-electron chi connectivity index (χ2n) is 4.73. The largest absolute Gasteiger partial charge is 0.491 e. The Hall–Kier alpha value is -1.82. The second kappa shape index (κ2) is 6.35. The van der Waals surface area contributed by atoms with Crippen molar-refractivity contribution < 1.29 is 14.6 Å². The molecule has 0 amide bonds. The average Bonchev–Trinajstić information content (AvgIpc) is 2.82. The molecular weight excluding hydrogens is 357 g/mol. The molecule has 1 N–H and O–H groups in total. The number of aliphatic carboxylic acids is 1. The minimum absolute atomic E-state index is 0.448. The predicted molar refractivity (Wildman–Crippen MR) is 92.0 cm³/mol. The summed E-state index contributed by atoms with van der Waals surface area (Å²) in [5.74, 6) is -0.467. The van der Waals surface area contributed by atoms with Gasteiger partial charge in [-0.05, 0) is 25.1 Å². The van der Waals surface area contributed by atoms with Crippen LogP contribution in [0.1, 0.15) is 17.4 Å². The van der Waals surface area contributed by atoms with Gasteiger partial charge in [-0.2, -0.15) is 0 Å². The first kappa shape index (κ1) is 16.1. The summed E-state index contributed by atoms with van der Waals surface area (Å²) < 4.78 is 6.34. The smallest absolute Gasteiger partial charge is 0.328 e. The van der Waals surface area contributed by atoms with Crippen LogP contribution in [-0.2, 0) is 9.53 Å². The van der Waals surface area contributed by atoms with E-state index >= 15 is 0 Å². The molecule has 0 bridgehead atoms. The molecule has 0 saturated carbocycles. The quantitative estimate of drug-likeness (QED) is 0.847. The highest BCUT2D eigenvalue weighted by molar-refractivity contribution is 7.17. The summed E-state index contributed by atoms with van der Waals surface area (Å²) in [6.45, 7) is 2.32. The highest BCUT2D eigenvalue weighted by atomic mass is 35.5. The maximum absolute atomic E-state index is 11.2. The Morgan fingerprint density at radius 2 is 2.22 bits per heavy atom. The van der Waals surface area contributed by atoms with Crippen molar-refractivity contribution in [1.82, 2.24) is 4.98 Å². The van der Waals surface area contributed by atoms with Crippen molar-refractivity contribution in [3.8, 4) is 0 Å². The maximum atomic E-state index is 11.2. The van der Waals surface area contributed by atoms with Crippen molar-refractivity contribution >= 4 is 57.9 Å². The van der Waals surface area contributed by atoms with Gasteiger partial charge in [-0.25, -0.2) is 4.79 Å². The summed E-state index contributed by atoms with van der Waals surface area (Å²) in [5.41, 5.74) is 1.27. The molecule has 118 valence electrons. The molecule has 4 nitrogen and oxygen atoms in total. The van der Waals surface area contributed by atoms with Gasteiger partial charge in [0.2, 0.25) is 0 Å². The van der Waals surface area contributed by atoms with Gasteiger partial charge in [0.15, 0.2) is 5.76 Å². The number of fused-ring (bicyclic) bond motifs is 2. The number of carboxylic acids is 1. The summed E-state index contributed by atoms with van der Waals surface area (Å²) in [7, 11) is 0. The van der Waals surface area contributed by atoms with Crippen LogP contribution in [0.25, 0.3) is 17.4 Å². The summed E-state index contributed by atoms with van der Waals surface area (Å²) in [4.78, 5) is 16.3. The number of allylic oxidation sites excluding steroid dienone is 1. The molecule has 1 aliphatic carbocycles. The summed E-state index contributed by atoms with van der Waals surface area (Å²) in [6, 6.07) is 3.50. The van der Waals surface area contributed by atoms with Crippen LogP contribution in [0.15, 0.2) is 24.4 Å². The molecule has 7 heteroatoms. The van der Waals surface area contributed by atoms with E-state index in [1.807, 2.05) is 6.92 Å². The summed E-state index contributed by atoms with van der Waals surface area (Å²) >= 11 is 13.5. The molecule has 1 aliphatic rings. The lowest BCUT2D eigenvalue weighted by Gasteiger charge is -2.08. The number of halogens is 2. The number of ether oxygens (including phenoxy) is 1. The van der Waals surface area contributed by atoms with Crippen molar-refractivity contribution in [2.75, 3.05) is 6.61 Å². The first-order valence-corrected chi connectivity index (χ1v) is 8.32. The third-order valence-corrected chi connectivity index (χ3v) is 4.71. The molecule has 2 aromatic heterocycles. The molecule has 0 saturated heterocycles. The Morgan fingerprint density at radius 3 is 2.91 bits per heavy atom. The van der Waals surface area contributed by atoms with E-state index < -0.39 is 5.97 Å². The van der Waals surface area contributed by atoms with Gasteiger partial charge in [0.05, 0.1) is 16.0 Å². The Balaban J connectivity index is 2.45. The van der Waals surface area contributed by atoms with Crippen LogP contribution in [0.3, 0.4) is 0 Å². The van der Waals surface area contributed by atoms with E-state index in [-0.39, 0.29) is 0 Å². The molecule has 0 unspecified atom stereocenters. The lowest BCUT2D eigenvalue weighted by atomic mass is 10.1. The van der Waals surface area contributed by atoms with E-state index in [0.717, 1.165) is 16.5 Å². The van der Waals surface area contributed by atoms with E-state index in [1.165, 1.54) is 17.5 Å². The van der Waals surface area contributed by atoms with Crippen molar-refractivity contribution in [3.63, 3.8) is 0 Å². The molecule has 0 radical (unpaired) electrons. The number of aromatic nitrogens is 1. The third-order valence-electron chi connectivity index (χ3n) is 3.19. The predicted octanol–water partition coefficient (Wildman–Crippen LogP) is 2.91. The minimum Gasteiger partial charge on any atom is -0.491 e. The van der Waals surface area contributed by atoms with Crippen molar-refractivity contribution in [3.05, 3.63) is 54.8 Å². The van der Waals surface area contributed by atoms with E-state index in [1.54, 1.807) is 18.2 Å². The standard InChI is InChI=1S/C16H11Cl2NO3S/c1-2-22-15-11-6-12(18)23-16(11)9(5-13(20)21)3-8-4-10(17)7-19-14(8)15/h3-7H,2H2,1H3,(H,20,21). The van der Waals surface area contributed by atoms with Crippen molar-refractivity contribution in [1.29, 1.82) is 0 Å². The molecule has 0 fully saturated rings. The summed E-state index contributed by atoms with van der Waals surface area (Å²) in [6.07, 6.45) is 4.41. The van der Waals surface area contributed by atoms with Gasteiger partial charge in [-0.3, -0.25) is 4.98 Å². The Bertz CT molecular complexity index is 947. The van der Waals surface area contributed by atoms with Gasteiger partial charge in [-0.1, -0.05) is 23.2 Å². The van der Waals surface area contributed by atoms with Crippen LogP contribution in [-0.4, -0.2) is 22.7 Å². The van der Waals surface area contributed by atoms with Crippen LogP contribution in [0.5, 0.6) is 0 Å². The fourth-order valence-electron chi connectivity index (χ4n) is 2.39. The molecule has 2 aromatic rings. The average molecular weight is 368 g/mol. The van der Waals surface area contributed by atoms with Gasteiger partial charge >= 0.3 is 5.97 Å². The number of thiophene rings is 1. The zero-order chi connectivity index (χ0) is 16.6. The van der Waals surface area contributed by atoms with Crippen molar-refractivity contribution in [2.45, 2.75) is 6.92 Å². The third kappa shape index (κ3) is 3.13. The molecule has 0 aliphatic heterocycles. The number of pyridine rings is 1. The van der Waals surface area contributed by atoms with Crippen LogP contribution in [0.4, 0.5) is 0 Å². The highest BCUT2D eigenvalue weighted by Crippen LogP contribution is 2.37. The van der Waals surface area contributed by atoms with Crippen molar-refractivity contribution in [2.24, 2.45) is 0 Å². The van der Waals surface area contributed by atoms with E-state index in [9.17, 15) is 4.79 Å². The number of carbonyl (C=O) groups is 1. The molecule has 0 spiro atoms. The fraction of sp³-hybridized carbons (Fsp3) is 0.125. The minimum atomic E-state index is -1.04. The molecule has 23 heavy (non-hydrogen) atoms. The lowest BCUT2D eigenvalue weighted by molar-refractivity contribution is -0.131. The van der Waals surface area contributed by atoms with Gasteiger partial charge in [-0.15, -0.1) is 11.3 Å². The van der Waals surface area contributed by atoms with E-state index in [0.29, 0.717) is 37.9 Å². The number of hydrogen-bond acceptors (Lipinski definition) is 4. The Labute approximate surface area is 146 Å². The van der Waals surface area contributed by atoms with Gasteiger partial charge in [0, 0.05) is 33.5 Å². The van der Waals surface area contributed by atoms with Crippen LogP contribution in [0, 0.1) is 0 Å². The molecule has 0 atom stereocenters. The van der Waals surface area contributed by atoms with Gasteiger partial charge in [0.1, 0.15) is 5.35 Å². The molecular formula is C16H11Cl2NO3S. The van der Waals surface area contributed by atoms with Crippen LogP contribution >= 0.6 is 34.5 Å². The maximum Gasteiger partial charge on any atom is 0.328 e. The van der Waals surface area contributed by atoms with Crippen LogP contribution in [0.2, 0.25) is 9.36 Å². The molecule has 3 rings (SSSR count). The van der Waals surface area contributed by atoms with Crippen LogP contribution < -0.4 is 10.6 Å². The zero-order valence-corrected chi connectivity index (χ0v) is 14.3. The number of carboxylic acid groups (broad SMARTS) is 1. The lowest BCUT2D eigenvalue weighted by Crippen LogP contribution is -2.30. The highest BCUT2D eigenvalue weighted by Gasteiger charge is 2.21. The Kier molecular flexibility index (Phi) is 4.43. The fourth-order valence-corrected chi connectivity index (χ4v) is 3.77. The van der Waals surface area contributed by atoms with Gasteiger partial charge < -0.3 is 9.84 Å². The number of nitrogens with zero attached hydrogens (tertiary/aromatic N) is 1. The number of rotatable bonds is 3. The Morgan fingerprint density at radius 1 is 1.43 bits per heavy atom. The first-order valence-electron chi connectivity index (χ1n) is 6.74. The van der Waals surface area contributed by atoms with Gasteiger partial charge in [0.25, 0.3) is 0 Å². The topological polar surface area (TPSA) is 59.4 Å². The monoisotopic (exact) mass is 367 g/mol. The normalized spacial score (nSPS) is 14.7. The zero-order valence-electron chi connectivity index (χ0n) is 12.0. The first-order chi connectivity index (χ1) is 11.0. The molecule has 2 heterocycles. The summed E-state index contributed by atoms with van der Waals surface area (Å²) in [5, 5.41) is 10.9. The number of hydrogen-bond donors (Lipinski definition) is 1.